The van der Waals surface area contributed by atoms with Crippen LogP contribution in [0.1, 0.15) is 67.9 Å². The Morgan fingerprint density at radius 3 is 1.51 bits per heavy atom. The van der Waals surface area contributed by atoms with Gasteiger partial charge in [0.25, 0.3) is 11.8 Å². The highest BCUT2D eigenvalue weighted by atomic mass is 79.9. The number of nitrogens with zero attached hydrogens (tertiary/aromatic N) is 9. The summed E-state index contributed by atoms with van der Waals surface area (Å²) in [6, 6.07) is 41.4. The van der Waals surface area contributed by atoms with Gasteiger partial charge in [-0.3, -0.25) is 19.7 Å². The second kappa shape index (κ2) is 34.6. The van der Waals surface area contributed by atoms with E-state index in [2.05, 4.69) is 135 Å². The Bertz CT molecular complexity index is 3450. The number of piperazine rings is 2. The number of amides is 4. The second-order valence-corrected chi connectivity index (χ2v) is 23.4. The zero-order chi connectivity index (χ0) is 62.9. The van der Waals surface area contributed by atoms with Crippen LogP contribution >= 0.6 is 75.3 Å². The molecular weight excluding hydrogens is 1400 g/mol. The number of oxime groups is 4. The third-order valence-electron chi connectivity index (χ3n) is 13.9. The van der Waals surface area contributed by atoms with Crippen molar-refractivity contribution in [2.75, 3.05) is 79.1 Å². The van der Waals surface area contributed by atoms with Crippen LogP contribution in [0.5, 0.6) is 5.75 Å². The van der Waals surface area contributed by atoms with Crippen molar-refractivity contribution < 1.29 is 44.7 Å². The fourth-order valence-corrected chi connectivity index (χ4v) is 10.2. The van der Waals surface area contributed by atoms with Gasteiger partial charge in [0, 0.05) is 110 Å². The number of methoxy groups -OCH3 is 1. The number of amidine groups is 2. The minimum atomic E-state index is -1.60. The van der Waals surface area contributed by atoms with Crippen LogP contribution < -0.4 is 15.4 Å². The molecule has 10 rings (SSSR count). The lowest BCUT2D eigenvalue weighted by Crippen LogP contribution is -2.54. The maximum atomic E-state index is 13.1. The number of halogens is 5. The average molecular weight is 1460 g/mol. The van der Waals surface area contributed by atoms with Crippen LogP contribution in [0, 0.1) is 11.8 Å². The Kier molecular flexibility index (Phi) is 27.3. The SMILES string of the molecule is CCN1CCN(/C(=N/O)c2ccc(Br)cc2)CC1.CCN1CCN(/C(=N/O)c2ccc(C#C[C@]3(CN4Cc5ccc(OC)cc5C4=O)NC(=O)NC3=O)cc2)CC1.O/N=C(/Cl)c1ccc(Br)cc1.O/N=C\c1ccc(Br)cc1.O=Cc1ccc(Br)cc1. The molecule has 6 aromatic rings. The fraction of sp³-hybridized carbons (Fsp3) is 0.258. The molecule has 87 heavy (non-hydrogen) atoms. The summed E-state index contributed by atoms with van der Waals surface area (Å²) in [6.45, 7) is 13.7. The molecule has 0 aromatic heterocycles. The zero-order valence-corrected chi connectivity index (χ0v) is 54.8. The smallest absolute Gasteiger partial charge is 0.323 e. The fourth-order valence-electron chi connectivity index (χ4n) is 9.05. The van der Waals surface area contributed by atoms with Crippen molar-refractivity contribution in [3.8, 4) is 17.6 Å². The normalized spacial score (nSPS) is 16.9. The molecule has 0 bridgehead atoms. The van der Waals surface area contributed by atoms with E-state index in [0.717, 1.165) is 112 Å². The first-order valence-corrected chi connectivity index (χ1v) is 30.7. The predicted octanol–water partition coefficient (Wildman–Crippen LogP) is 10.6. The van der Waals surface area contributed by atoms with Crippen molar-refractivity contribution in [1.29, 1.82) is 0 Å². The molecule has 0 radical (unpaired) electrons. The molecule has 6 N–H and O–H groups in total. The van der Waals surface area contributed by atoms with Crippen LogP contribution in [0.15, 0.2) is 178 Å². The van der Waals surface area contributed by atoms with E-state index >= 15 is 0 Å². The number of aldehydes is 1. The van der Waals surface area contributed by atoms with Crippen molar-refractivity contribution in [2.24, 2.45) is 20.6 Å². The van der Waals surface area contributed by atoms with Crippen LogP contribution in [0.3, 0.4) is 0 Å². The van der Waals surface area contributed by atoms with Crippen molar-refractivity contribution in [1.82, 2.24) is 35.1 Å². The standard InChI is InChI=1S/C28H30N6O5.C13H18BrN3O.C7H5BrClNO.C7H6BrNO.C7H5BrO/c1-3-32-12-14-33(15-13-32)24(31-38)20-6-4-19(5-7-20)10-11-28(26(36)29-27(37)30-28)18-34-17-21-8-9-22(39-2)16-23(21)25(34)35;1-2-16-7-9-17(10-8-16)13(15-18)11-3-5-12(14)6-4-11;8-6-3-1-5(2-4-6)7(9)10-11;8-7-3-1-6(2-4-7)5-9-10;8-7-3-1-6(5-9)2-4-7/h4-9,16,38H,3,12-15,17-18H2,1-2H3,(H2,29,30,36,37);3-6,18H,2,7-10H2,1H3;1-4,11H;1-5,10H;1-5H/b31-24+;15-13+;10-7+;9-5-;/t28-;;;;/m1..../s1. The van der Waals surface area contributed by atoms with Crippen molar-refractivity contribution >= 4 is 123 Å². The van der Waals surface area contributed by atoms with E-state index in [1.54, 1.807) is 60.7 Å². The molecule has 3 saturated heterocycles. The summed E-state index contributed by atoms with van der Waals surface area (Å²) < 4.78 is 9.23. The number of ether oxygens (including phenoxy) is 1. The molecule has 0 spiro atoms. The topological polar surface area (TPSA) is 248 Å². The molecule has 1 atom stereocenters. The van der Waals surface area contributed by atoms with E-state index in [1.165, 1.54) is 18.2 Å². The number of hydrogen-bond acceptors (Lipinski definition) is 15. The molecule has 20 nitrogen and oxygen atoms in total. The first-order valence-electron chi connectivity index (χ1n) is 27.1. The van der Waals surface area contributed by atoms with Crippen LogP contribution in [-0.4, -0.2) is 177 Å². The molecule has 4 heterocycles. The van der Waals surface area contributed by atoms with Gasteiger partial charge >= 0.3 is 6.03 Å². The summed E-state index contributed by atoms with van der Waals surface area (Å²) in [6.07, 6.45) is 2.21. The highest BCUT2D eigenvalue weighted by Crippen LogP contribution is 2.29. The van der Waals surface area contributed by atoms with Gasteiger partial charge < -0.3 is 55.4 Å². The summed E-state index contributed by atoms with van der Waals surface area (Å²) in [4.78, 5) is 58.6. The number of hydrogen-bond donors (Lipinski definition) is 6. The van der Waals surface area contributed by atoms with Crippen molar-refractivity contribution in [3.05, 3.63) is 202 Å². The molecule has 0 unspecified atom stereocenters. The largest absolute Gasteiger partial charge is 0.497 e. The first-order chi connectivity index (χ1) is 42.0. The van der Waals surface area contributed by atoms with Gasteiger partial charge in [-0.2, -0.15) is 0 Å². The first kappa shape index (κ1) is 68.5. The van der Waals surface area contributed by atoms with E-state index in [4.69, 9.17) is 26.8 Å². The maximum absolute atomic E-state index is 13.1. The highest BCUT2D eigenvalue weighted by Gasteiger charge is 2.48. The summed E-state index contributed by atoms with van der Waals surface area (Å²) in [5, 5.41) is 53.1. The number of urea groups is 1. The third-order valence-corrected chi connectivity index (χ3v) is 16.3. The molecular formula is C62H64Br4ClN11O9. The number of imide groups is 1. The van der Waals surface area contributed by atoms with Gasteiger partial charge in [0.15, 0.2) is 16.8 Å². The molecule has 4 aliphatic heterocycles. The van der Waals surface area contributed by atoms with E-state index in [0.29, 0.717) is 39.7 Å². The number of benzene rings is 6. The molecule has 0 saturated carbocycles. The van der Waals surface area contributed by atoms with Crippen LogP contribution in [0.2, 0.25) is 0 Å². The lowest BCUT2D eigenvalue weighted by atomic mass is 9.99. The highest BCUT2D eigenvalue weighted by molar-refractivity contribution is 9.11. The number of rotatable bonds is 10. The van der Waals surface area contributed by atoms with E-state index in [9.17, 15) is 29.6 Å². The number of likely N-dealkylation sites (N-methyl/N-ethyl adjacent to an activating group) is 2. The maximum Gasteiger partial charge on any atom is 0.323 e. The summed E-state index contributed by atoms with van der Waals surface area (Å²) in [7, 11) is 1.53. The number of fused-ring (bicyclic) bond motifs is 1. The minimum absolute atomic E-state index is 0.0949. The minimum Gasteiger partial charge on any atom is -0.497 e. The number of nitrogens with one attached hydrogen (secondary N) is 2. The quantitative estimate of drug-likeness (QED) is 0.0142. The summed E-state index contributed by atoms with van der Waals surface area (Å²) in [5.41, 5.74) is 4.27. The van der Waals surface area contributed by atoms with E-state index in [-0.39, 0.29) is 24.2 Å². The molecule has 6 aromatic carbocycles. The monoisotopic (exact) mass is 1460 g/mol. The molecule has 0 aliphatic carbocycles. The van der Waals surface area contributed by atoms with Gasteiger partial charge in [-0.15, -0.1) is 0 Å². The predicted molar refractivity (Wildman–Crippen MR) is 350 cm³/mol. The number of carbonyl (C=O) groups excluding carboxylic acids is 4. The van der Waals surface area contributed by atoms with Gasteiger partial charge in [0.1, 0.15) is 12.0 Å². The van der Waals surface area contributed by atoms with Gasteiger partial charge in [0.05, 0.1) is 19.9 Å². The van der Waals surface area contributed by atoms with Crippen LogP contribution in [-0.2, 0) is 11.3 Å². The molecule has 4 aliphatic rings. The molecule has 25 heteroatoms. The Morgan fingerprint density at radius 1 is 0.632 bits per heavy atom. The number of carbonyl (C=O) groups is 4. The lowest BCUT2D eigenvalue weighted by Gasteiger charge is -2.35. The van der Waals surface area contributed by atoms with Gasteiger partial charge in [-0.25, -0.2) is 4.79 Å². The zero-order valence-electron chi connectivity index (χ0n) is 47.7. The van der Waals surface area contributed by atoms with Crippen LogP contribution in [0.4, 0.5) is 4.79 Å². The third kappa shape index (κ3) is 20.2. The van der Waals surface area contributed by atoms with Gasteiger partial charge in [-0.05, 0) is 109 Å². The summed E-state index contributed by atoms with van der Waals surface area (Å²) >= 11 is 18.8. The van der Waals surface area contributed by atoms with Gasteiger partial charge in [-0.1, -0.05) is 176 Å². The Hall–Kier alpha value is -7.63. The lowest BCUT2D eigenvalue weighted by molar-refractivity contribution is -0.122. The van der Waals surface area contributed by atoms with Crippen LogP contribution in [0.25, 0.3) is 0 Å². The van der Waals surface area contributed by atoms with Gasteiger partial charge in [0.2, 0.25) is 5.54 Å². The molecule has 3 fully saturated rings. The molecule has 4 amide bonds. The Balaban J connectivity index is 0.000000205. The van der Waals surface area contributed by atoms with Crippen molar-refractivity contribution in [2.45, 2.75) is 25.9 Å². The second-order valence-electron chi connectivity index (χ2n) is 19.4. The average Bonchev–Trinajstić information content (AvgIpc) is 2.12. The van der Waals surface area contributed by atoms with E-state index in [1.807, 2.05) is 83.8 Å². The van der Waals surface area contributed by atoms with E-state index < -0.39 is 17.5 Å². The molecule has 456 valence electrons. The Labute approximate surface area is 543 Å². The van der Waals surface area contributed by atoms with Crippen molar-refractivity contribution in [3.63, 3.8) is 0 Å². The summed E-state index contributed by atoms with van der Waals surface area (Å²) in [5.74, 6) is 6.74. The Morgan fingerprint density at radius 2 is 1.09 bits per heavy atom.